The zero-order valence-corrected chi connectivity index (χ0v) is 10.9. The molecule has 0 N–H and O–H groups in total. The Kier molecular flexibility index (Phi) is 3.25. The third-order valence-corrected chi connectivity index (χ3v) is 4.12. The molecule has 2 aliphatic rings. The molecule has 0 aromatic rings. The Morgan fingerprint density at radius 1 is 1.50 bits per heavy atom. The van der Waals surface area contributed by atoms with Crippen molar-refractivity contribution >= 4 is 0 Å². The van der Waals surface area contributed by atoms with Gasteiger partial charge in [-0.2, -0.15) is 0 Å². The summed E-state index contributed by atoms with van der Waals surface area (Å²) < 4.78 is 5.74. The molecule has 16 heavy (non-hydrogen) atoms. The topological polar surface area (TPSA) is 12.5 Å². The van der Waals surface area contributed by atoms with Crippen molar-refractivity contribution in [3.05, 3.63) is 23.8 Å². The van der Waals surface area contributed by atoms with E-state index in [0.717, 1.165) is 12.8 Å². The molecule has 3 unspecified atom stereocenters. The first-order chi connectivity index (χ1) is 7.51. The predicted molar refractivity (Wildman–Crippen MR) is 68.4 cm³/mol. The summed E-state index contributed by atoms with van der Waals surface area (Å²) in [6.45, 7) is 10.8. The second-order valence-electron chi connectivity index (χ2n) is 5.87. The van der Waals surface area contributed by atoms with E-state index < -0.39 is 0 Å². The summed E-state index contributed by atoms with van der Waals surface area (Å²) in [4.78, 5) is 0. The van der Waals surface area contributed by atoms with Gasteiger partial charge in [-0.15, -0.1) is 0 Å². The number of hydrogen-bond donors (Lipinski definition) is 0. The number of ether oxygens (including phenoxy) is 1. The highest BCUT2D eigenvalue weighted by molar-refractivity contribution is 5.12. The number of rotatable bonds is 4. The highest BCUT2D eigenvalue weighted by Gasteiger charge is 2.55. The maximum absolute atomic E-state index is 5.74. The second-order valence-corrected chi connectivity index (χ2v) is 5.87. The second kappa shape index (κ2) is 4.37. The highest BCUT2D eigenvalue weighted by atomic mass is 16.6. The molecule has 2 fully saturated rings. The first-order valence-corrected chi connectivity index (χ1v) is 6.50. The van der Waals surface area contributed by atoms with Crippen molar-refractivity contribution in [1.29, 1.82) is 0 Å². The maximum atomic E-state index is 5.74. The van der Waals surface area contributed by atoms with Crippen LogP contribution in [0.15, 0.2) is 23.8 Å². The van der Waals surface area contributed by atoms with Gasteiger partial charge in [0.25, 0.3) is 0 Å². The molecular formula is C15H24O. The summed E-state index contributed by atoms with van der Waals surface area (Å²) >= 11 is 0. The predicted octanol–water partition coefficient (Wildman–Crippen LogP) is 4.25. The number of fused-ring (bicyclic) bond motifs is 1. The van der Waals surface area contributed by atoms with Crippen molar-refractivity contribution < 1.29 is 4.74 Å². The van der Waals surface area contributed by atoms with Gasteiger partial charge in [0.15, 0.2) is 0 Å². The van der Waals surface area contributed by atoms with Gasteiger partial charge in [-0.1, -0.05) is 23.8 Å². The molecule has 0 aromatic carbocycles. The molecule has 0 bridgehead atoms. The summed E-state index contributed by atoms with van der Waals surface area (Å²) in [5.74, 6) is 0.714. The van der Waals surface area contributed by atoms with Crippen LogP contribution >= 0.6 is 0 Å². The van der Waals surface area contributed by atoms with Crippen LogP contribution in [-0.2, 0) is 4.74 Å². The van der Waals surface area contributed by atoms with Gasteiger partial charge in [-0.05, 0) is 58.8 Å². The minimum Gasteiger partial charge on any atom is -0.366 e. The van der Waals surface area contributed by atoms with E-state index in [2.05, 4.69) is 33.4 Å². The Morgan fingerprint density at radius 3 is 2.88 bits per heavy atom. The smallest absolute Gasteiger partial charge is 0.0920 e. The first kappa shape index (κ1) is 11.9. The third kappa shape index (κ3) is 2.57. The largest absolute Gasteiger partial charge is 0.366 e. The fraction of sp³-hybridized carbons (Fsp3) is 0.733. The van der Waals surface area contributed by atoms with E-state index in [9.17, 15) is 0 Å². The Hall–Kier alpha value is -0.560. The Balaban J connectivity index is 1.76. The molecule has 1 aliphatic carbocycles. The van der Waals surface area contributed by atoms with Gasteiger partial charge in [-0.3, -0.25) is 0 Å². The Bertz CT molecular complexity index is 311. The van der Waals surface area contributed by atoms with Crippen LogP contribution in [0.25, 0.3) is 0 Å². The van der Waals surface area contributed by atoms with Crippen LogP contribution in [0.4, 0.5) is 0 Å². The average Bonchev–Trinajstić information content (AvgIpc) is 2.87. The maximum Gasteiger partial charge on any atom is 0.0920 e. The van der Waals surface area contributed by atoms with Crippen molar-refractivity contribution in [2.75, 3.05) is 0 Å². The summed E-state index contributed by atoms with van der Waals surface area (Å²) in [6.07, 6.45) is 8.87. The van der Waals surface area contributed by atoms with Gasteiger partial charge in [0, 0.05) is 0 Å². The van der Waals surface area contributed by atoms with Crippen LogP contribution in [0.5, 0.6) is 0 Å². The van der Waals surface area contributed by atoms with E-state index >= 15 is 0 Å². The van der Waals surface area contributed by atoms with E-state index in [4.69, 9.17) is 4.74 Å². The molecule has 90 valence electrons. The van der Waals surface area contributed by atoms with Gasteiger partial charge in [-0.25, -0.2) is 0 Å². The van der Waals surface area contributed by atoms with Crippen LogP contribution in [0.1, 0.15) is 52.9 Å². The van der Waals surface area contributed by atoms with Crippen LogP contribution in [0, 0.1) is 5.92 Å². The van der Waals surface area contributed by atoms with Crippen LogP contribution in [0.2, 0.25) is 0 Å². The molecule has 1 heterocycles. The van der Waals surface area contributed by atoms with Crippen molar-refractivity contribution in [3.63, 3.8) is 0 Å². The molecule has 1 saturated heterocycles. The van der Waals surface area contributed by atoms with Crippen molar-refractivity contribution in [3.8, 4) is 0 Å². The lowest BCUT2D eigenvalue weighted by molar-refractivity contribution is 0.303. The van der Waals surface area contributed by atoms with Crippen molar-refractivity contribution in [2.24, 2.45) is 5.92 Å². The number of allylic oxidation sites excluding steroid dienone is 3. The van der Waals surface area contributed by atoms with Gasteiger partial charge in [0.2, 0.25) is 0 Å². The Morgan fingerprint density at radius 2 is 2.25 bits per heavy atom. The van der Waals surface area contributed by atoms with Crippen molar-refractivity contribution in [1.82, 2.24) is 0 Å². The van der Waals surface area contributed by atoms with Gasteiger partial charge < -0.3 is 4.74 Å². The summed E-state index contributed by atoms with van der Waals surface area (Å²) in [5.41, 5.74) is 3.10. The van der Waals surface area contributed by atoms with Crippen LogP contribution < -0.4 is 0 Å². The van der Waals surface area contributed by atoms with Crippen LogP contribution in [0.3, 0.4) is 0 Å². The van der Waals surface area contributed by atoms with E-state index in [1.54, 1.807) is 0 Å². The normalized spacial score (nSPS) is 36.4. The summed E-state index contributed by atoms with van der Waals surface area (Å²) in [6, 6.07) is 0. The lowest BCUT2D eigenvalue weighted by Crippen LogP contribution is -2.22. The lowest BCUT2D eigenvalue weighted by atomic mass is 9.78. The molecule has 2 rings (SSSR count). The molecule has 0 spiro atoms. The standard InChI is InChI=1S/C15H24O/c1-11(2)6-5-7-12(3)13-8-9-15(4)14(10-13)16-15/h6,13-14H,3,5,7-10H2,1-2,4H3. The quantitative estimate of drug-likeness (QED) is 0.510. The van der Waals surface area contributed by atoms with E-state index in [0.29, 0.717) is 12.0 Å². The van der Waals surface area contributed by atoms with Gasteiger partial charge in [0.1, 0.15) is 0 Å². The lowest BCUT2D eigenvalue weighted by Gasteiger charge is -2.24. The summed E-state index contributed by atoms with van der Waals surface area (Å²) in [7, 11) is 0. The monoisotopic (exact) mass is 220 g/mol. The fourth-order valence-corrected chi connectivity index (χ4v) is 2.77. The zero-order chi connectivity index (χ0) is 11.8. The summed E-state index contributed by atoms with van der Waals surface area (Å²) in [5, 5.41) is 0. The molecular weight excluding hydrogens is 196 g/mol. The van der Waals surface area contributed by atoms with Crippen molar-refractivity contribution in [2.45, 2.75) is 64.6 Å². The molecule has 3 atom stereocenters. The van der Waals surface area contributed by atoms with Crippen LogP contribution in [-0.4, -0.2) is 11.7 Å². The average molecular weight is 220 g/mol. The highest BCUT2D eigenvalue weighted by Crippen LogP contribution is 2.50. The number of epoxide rings is 1. The minimum absolute atomic E-state index is 0.247. The Labute approximate surface area is 99.6 Å². The molecule has 1 saturated carbocycles. The van der Waals surface area contributed by atoms with E-state index in [1.807, 2.05) is 0 Å². The van der Waals surface area contributed by atoms with E-state index in [1.165, 1.54) is 30.4 Å². The SMILES string of the molecule is C=C(CCC=C(C)C)C1CCC2(C)OC2C1. The molecule has 0 amide bonds. The van der Waals surface area contributed by atoms with E-state index in [-0.39, 0.29) is 5.60 Å². The number of hydrogen-bond acceptors (Lipinski definition) is 1. The van der Waals surface area contributed by atoms with Gasteiger partial charge >= 0.3 is 0 Å². The third-order valence-electron chi connectivity index (χ3n) is 4.12. The van der Waals surface area contributed by atoms with Gasteiger partial charge in [0.05, 0.1) is 11.7 Å². The molecule has 1 aliphatic heterocycles. The molecule has 1 heteroatoms. The molecule has 0 radical (unpaired) electrons. The molecule has 1 nitrogen and oxygen atoms in total. The molecule has 0 aromatic heterocycles. The fourth-order valence-electron chi connectivity index (χ4n) is 2.77. The first-order valence-electron chi connectivity index (χ1n) is 6.50. The zero-order valence-electron chi connectivity index (χ0n) is 10.9. The minimum atomic E-state index is 0.247.